The quantitative estimate of drug-likeness (QED) is 0.537. The van der Waals surface area contributed by atoms with Gasteiger partial charge in [-0.15, -0.1) is 22.7 Å². The summed E-state index contributed by atoms with van der Waals surface area (Å²) in [6.45, 7) is 2.80. The highest BCUT2D eigenvalue weighted by Crippen LogP contribution is 2.34. The lowest BCUT2D eigenvalue weighted by molar-refractivity contribution is -0.734. The van der Waals surface area contributed by atoms with Gasteiger partial charge in [0, 0.05) is 22.2 Å². The second-order valence-corrected chi connectivity index (χ2v) is 8.83. The molecule has 7 heteroatoms. The number of aromatic nitrogens is 2. The number of rotatable bonds is 4. The molecule has 0 unspecified atom stereocenters. The number of H-pyrrole nitrogens is 1. The maximum absolute atomic E-state index is 12.9. The molecule has 0 saturated carbocycles. The first-order chi connectivity index (χ1) is 13.7. The van der Waals surface area contributed by atoms with Crippen molar-refractivity contribution in [2.75, 3.05) is 6.61 Å². The van der Waals surface area contributed by atoms with Crippen molar-refractivity contribution in [1.29, 1.82) is 0 Å². The van der Waals surface area contributed by atoms with Gasteiger partial charge in [0.15, 0.2) is 5.82 Å². The molecule has 5 rings (SSSR count). The van der Waals surface area contributed by atoms with Crippen LogP contribution in [0.15, 0.2) is 52.0 Å². The minimum absolute atomic E-state index is 0.0422. The van der Waals surface area contributed by atoms with Crippen LogP contribution in [-0.2, 0) is 0 Å². The van der Waals surface area contributed by atoms with Gasteiger partial charge >= 0.3 is 0 Å². The molecule has 1 aliphatic rings. The van der Waals surface area contributed by atoms with E-state index in [-0.39, 0.29) is 11.6 Å². The Kier molecular flexibility index (Phi) is 4.50. The molecule has 0 saturated heterocycles. The Morgan fingerprint density at radius 2 is 2.14 bits per heavy atom. The molecule has 5 nitrogen and oxygen atoms in total. The third-order valence-corrected chi connectivity index (χ3v) is 6.98. The lowest BCUT2D eigenvalue weighted by Crippen LogP contribution is -2.86. The number of quaternary nitrogens is 1. The molecule has 142 valence electrons. The molecule has 4 heterocycles. The predicted molar refractivity (Wildman–Crippen MR) is 113 cm³/mol. The number of nitrogens with zero attached hydrogens (tertiary/aromatic N) is 1. The topological polar surface area (TPSA) is 71.6 Å². The largest absolute Gasteiger partial charge is 0.493 e. The van der Waals surface area contributed by atoms with Crippen LogP contribution >= 0.6 is 22.7 Å². The Morgan fingerprint density at radius 1 is 1.25 bits per heavy atom. The Labute approximate surface area is 170 Å². The number of aromatic amines is 1. The molecule has 28 heavy (non-hydrogen) atoms. The summed E-state index contributed by atoms with van der Waals surface area (Å²) in [6, 6.07) is 12.6. The number of para-hydroxylation sites is 1. The normalized spacial score (nSPS) is 17.2. The number of hydrogen-bond acceptors (Lipinski definition) is 5. The van der Waals surface area contributed by atoms with Crippen molar-refractivity contribution >= 4 is 32.9 Å². The molecule has 0 radical (unpaired) electrons. The fourth-order valence-corrected chi connectivity index (χ4v) is 5.57. The van der Waals surface area contributed by atoms with Crippen molar-refractivity contribution < 1.29 is 10.1 Å². The van der Waals surface area contributed by atoms with Crippen molar-refractivity contribution in [3.8, 4) is 16.2 Å². The number of fused-ring (bicyclic) bond motifs is 2. The molecule has 3 N–H and O–H groups in total. The summed E-state index contributed by atoms with van der Waals surface area (Å²) in [5.74, 6) is 1.68. The number of hydrogen-bond donors (Lipinski definition) is 2. The maximum atomic E-state index is 12.9. The first kappa shape index (κ1) is 17.6. The molecule has 1 aromatic carbocycles. The van der Waals surface area contributed by atoms with Crippen molar-refractivity contribution in [3.05, 3.63) is 68.9 Å². The fourth-order valence-electron chi connectivity index (χ4n) is 3.80. The van der Waals surface area contributed by atoms with Crippen LogP contribution in [0.1, 0.15) is 36.8 Å². The van der Waals surface area contributed by atoms with Gasteiger partial charge in [-0.1, -0.05) is 18.2 Å². The minimum Gasteiger partial charge on any atom is -0.493 e. The van der Waals surface area contributed by atoms with Gasteiger partial charge < -0.3 is 15.0 Å². The third kappa shape index (κ3) is 3.05. The average molecular weight is 411 g/mol. The highest BCUT2D eigenvalue weighted by Gasteiger charge is 2.27. The Morgan fingerprint density at radius 3 is 3.00 bits per heavy atom. The lowest BCUT2D eigenvalue weighted by atomic mass is 10.00. The molecular weight excluding hydrogens is 390 g/mol. The summed E-state index contributed by atoms with van der Waals surface area (Å²) < 4.78 is 5.77. The van der Waals surface area contributed by atoms with E-state index in [4.69, 9.17) is 9.72 Å². The van der Waals surface area contributed by atoms with E-state index in [9.17, 15) is 4.79 Å². The first-order valence-corrected chi connectivity index (χ1v) is 11.1. The van der Waals surface area contributed by atoms with E-state index in [0.29, 0.717) is 18.0 Å². The van der Waals surface area contributed by atoms with E-state index in [0.717, 1.165) is 33.3 Å². The van der Waals surface area contributed by atoms with Crippen LogP contribution in [0.3, 0.4) is 0 Å². The van der Waals surface area contributed by atoms with Crippen molar-refractivity contribution in [2.45, 2.75) is 25.4 Å². The van der Waals surface area contributed by atoms with Crippen LogP contribution in [0.2, 0.25) is 0 Å². The first-order valence-electron chi connectivity index (χ1n) is 9.32. The monoisotopic (exact) mass is 410 g/mol. The molecule has 0 aliphatic carbocycles. The predicted octanol–water partition coefficient (Wildman–Crippen LogP) is 3.86. The third-order valence-electron chi connectivity index (χ3n) is 5.21. The highest BCUT2D eigenvalue weighted by atomic mass is 32.1. The van der Waals surface area contributed by atoms with Gasteiger partial charge in [-0.25, -0.2) is 4.98 Å². The molecule has 2 atom stereocenters. The SMILES string of the molecule is C[C@H]([NH2+][C@@H]1CCOc2ccccc21)c1nc2scc(-c3cccs3)c2c(=O)[nH]1. The molecular formula is C21H20N3O2S2+. The molecule has 0 bridgehead atoms. The lowest BCUT2D eigenvalue weighted by Gasteiger charge is -2.26. The fraction of sp³-hybridized carbons (Fsp3) is 0.238. The summed E-state index contributed by atoms with van der Waals surface area (Å²) in [4.78, 5) is 22.6. The van der Waals surface area contributed by atoms with Gasteiger partial charge in [0.2, 0.25) is 0 Å². The van der Waals surface area contributed by atoms with E-state index < -0.39 is 0 Å². The molecule has 4 aromatic rings. The van der Waals surface area contributed by atoms with E-state index in [1.165, 1.54) is 16.9 Å². The Hall–Kier alpha value is -2.48. The molecule has 0 fully saturated rings. The van der Waals surface area contributed by atoms with Crippen molar-refractivity contribution in [1.82, 2.24) is 9.97 Å². The maximum Gasteiger partial charge on any atom is 0.260 e. The van der Waals surface area contributed by atoms with Gasteiger partial charge in [-0.3, -0.25) is 4.79 Å². The summed E-state index contributed by atoms with van der Waals surface area (Å²) in [5, 5.41) is 7.03. The van der Waals surface area contributed by atoms with Gasteiger partial charge in [-0.05, 0) is 30.5 Å². The summed E-state index contributed by atoms with van der Waals surface area (Å²) in [6.07, 6.45) is 0.940. The zero-order chi connectivity index (χ0) is 19.1. The van der Waals surface area contributed by atoms with Crippen molar-refractivity contribution in [2.24, 2.45) is 0 Å². The summed E-state index contributed by atoms with van der Waals surface area (Å²) in [5.41, 5.74) is 2.13. The standard InChI is InChI=1S/C21H19N3O2S2/c1-12(22-15-8-9-26-16-6-3-2-5-13(15)16)19-23-20(25)18-14(11-28-21(18)24-19)17-7-4-10-27-17/h2-7,10-12,15,22H,8-9H2,1H3,(H,23,24,25)/p+1/t12-,15+/m0/s1. The number of nitrogens with two attached hydrogens (primary N) is 1. The number of benzene rings is 1. The van der Waals surface area contributed by atoms with E-state index in [2.05, 4.69) is 23.3 Å². The average Bonchev–Trinajstić information content (AvgIpc) is 3.38. The number of thiophene rings is 2. The molecule has 0 amide bonds. The van der Waals surface area contributed by atoms with Crippen LogP contribution in [0, 0.1) is 0 Å². The Bertz CT molecular complexity index is 1180. The van der Waals surface area contributed by atoms with Gasteiger partial charge in [0.1, 0.15) is 22.7 Å². The smallest absolute Gasteiger partial charge is 0.260 e. The van der Waals surface area contributed by atoms with Crippen molar-refractivity contribution in [3.63, 3.8) is 0 Å². The van der Waals surface area contributed by atoms with Crippen LogP contribution < -0.4 is 15.6 Å². The van der Waals surface area contributed by atoms with Gasteiger partial charge in [0.25, 0.3) is 5.56 Å². The zero-order valence-electron chi connectivity index (χ0n) is 15.3. The summed E-state index contributed by atoms with van der Waals surface area (Å²) >= 11 is 3.17. The summed E-state index contributed by atoms with van der Waals surface area (Å²) in [7, 11) is 0. The second kappa shape index (κ2) is 7.16. The van der Waals surface area contributed by atoms with Crippen LogP contribution in [0.5, 0.6) is 5.75 Å². The van der Waals surface area contributed by atoms with E-state index in [1.54, 1.807) is 11.3 Å². The number of ether oxygens (including phenoxy) is 1. The molecule has 3 aromatic heterocycles. The van der Waals surface area contributed by atoms with E-state index >= 15 is 0 Å². The van der Waals surface area contributed by atoms with Crippen LogP contribution in [0.4, 0.5) is 0 Å². The molecule has 0 spiro atoms. The van der Waals surface area contributed by atoms with Gasteiger partial charge in [0.05, 0.1) is 17.6 Å². The van der Waals surface area contributed by atoms with E-state index in [1.807, 2.05) is 41.1 Å². The van der Waals surface area contributed by atoms with Gasteiger partial charge in [-0.2, -0.15) is 0 Å². The second-order valence-electron chi connectivity index (χ2n) is 7.02. The van der Waals surface area contributed by atoms with Crippen LogP contribution in [-0.4, -0.2) is 16.6 Å². The Balaban J connectivity index is 1.46. The minimum atomic E-state index is -0.0581. The van der Waals surface area contributed by atoms with Crippen LogP contribution in [0.25, 0.3) is 20.7 Å². The number of nitrogens with one attached hydrogen (secondary N) is 1. The highest BCUT2D eigenvalue weighted by molar-refractivity contribution is 7.18. The molecule has 1 aliphatic heterocycles. The zero-order valence-corrected chi connectivity index (χ0v) is 17.0.